The number of benzene rings is 1. The molecule has 0 heterocycles. The molecule has 0 aliphatic rings. The lowest BCUT2D eigenvalue weighted by Crippen LogP contribution is -2.10. The first-order valence-electron chi connectivity index (χ1n) is 5.56. The van der Waals surface area contributed by atoms with E-state index in [9.17, 15) is 5.11 Å². The highest BCUT2D eigenvalue weighted by Gasteiger charge is 2.05. The van der Waals surface area contributed by atoms with Gasteiger partial charge in [-0.05, 0) is 37.0 Å². The lowest BCUT2D eigenvalue weighted by Gasteiger charge is -2.10. The molecule has 0 aliphatic heterocycles. The van der Waals surface area contributed by atoms with Crippen LogP contribution in [0.3, 0.4) is 0 Å². The van der Waals surface area contributed by atoms with Gasteiger partial charge in [0, 0.05) is 5.02 Å². The molecule has 0 aliphatic carbocycles. The van der Waals surface area contributed by atoms with Crippen LogP contribution in [0.5, 0.6) is 0 Å². The van der Waals surface area contributed by atoms with E-state index in [4.69, 9.17) is 11.6 Å². The van der Waals surface area contributed by atoms with Crippen molar-refractivity contribution in [3.63, 3.8) is 0 Å². The predicted octanol–water partition coefficient (Wildman–Crippen LogP) is 3.74. The van der Waals surface area contributed by atoms with Crippen molar-refractivity contribution < 1.29 is 5.11 Å². The van der Waals surface area contributed by atoms with Crippen LogP contribution in [0.15, 0.2) is 18.2 Å². The first-order valence-corrected chi connectivity index (χ1v) is 5.94. The Morgan fingerprint density at radius 1 is 1.40 bits per heavy atom. The topological polar surface area (TPSA) is 20.2 Å². The van der Waals surface area contributed by atoms with E-state index in [-0.39, 0.29) is 6.10 Å². The zero-order valence-electron chi connectivity index (χ0n) is 9.46. The zero-order chi connectivity index (χ0) is 11.3. The van der Waals surface area contributed by atoms with Gasteiger partial charge in [0.15, 0.2) is 0 Å². The number of halogens is 1. The molecule has 1 aromatic carbocycles. The predicted molar refractivity (Wildman–Crippen MR) is 65.4 cm³/mol. The van der Waals surface area contributed by atoms with E-state index >= 15 is 0 Å². The highest BCUT2D eigenvalue weighted by molar-refractivity contribution is 6.31. The standard InChI is InChI=1S/C13H19ClO/c1-3-4-5-12(15)9-11-6-7-13(14)10(2)8-11/h6-8,12,15H,3-5,9H2,1-2H3. The van der Waals surface area contributed by atoms with Gasteiger partial charge in [-0.3, -0.25) is 0 Å². The van der Waals surface area contributed by atoms with Crippen molar-refractivity contribution in [3.8, 4) is 0 Å². The summed E-state index contributed by atoms with van der Waals surface area (Å²) in [5.41, 5.74) is 2.25. The quantitative estimate of drug-likeness (QED) is 0.811. The van der Waals surface area contributed by atoms with E-state index in [2.05, 4.69) is 13.0 Å². The second-order valence-corrected chi connectivity index (χ2v) is 4.49. The Morgan fingerprint density at radius 2 is 2.13 bits per heavy atom. The molecule has 0 amide bonds. The number of aliphatic hydroxyl groups excluding tert-OH is 1. The molecular formula is C13H19ClO. The normalized spacial score (nSPS) is 12.8. The van der Waals surface area contributed by atoms with Crippen LogP contribution in [0.1, 0.15) is 37.3 Å². The minimum absolute atomic E-state index is 0.217. The summed E-state index contributed by atoms with van der Waals surface area (Å²) in [6.45, 7) is 4.13. The van der Waals surface area contributed by atoms with Crippen LogP contribution >= 0.6 is 11.6 Å². The fraction of sp³-hybridized carbons (Fsp3) is 0.538. The van der Waals surface area contributed by atoms with E-state index in [1.807, 2.05) is 19.1 Å². The molecule has 1 aromatic rings. The highest BCUT2D eigenvalue weighted by Crippen LogP contribution is 2.18. The summed E-state index contributed by atoms with van der Waals surface area (Å²) in [6, 6.07) is 5.95. The van der Waals surface area contributed by atoms with E-state index < -0.39 is 0 Å². The monoisotopic (exact) mass is 226 g/mol. The molecule has 0 spiro atoms. The van der Waals surface area contributed by atoms with Gasteiger partial charge in [-0.15, -0.1) is 0 Å². The van der Waals surface area contributed by atoms with Gasteiger partial charge in [0.1, 0.15) is 0 Å². The second-order valence-electron chi connectivity index (χ2n) is 4.08. The Morgan fingerprint density at radius 3 is 2.73 bits per heavy atom. The summed E-state index contributed by atoms with van der Waals surface area (Å²) < 4.78 is 0. The Hall–Kier alpha value is -0.530. The lowest BCUT2D eigenvalue weighted by molar-refractivity contribution is 0.162. The molecule has 1 unspecified atom stereocenters. The van der Waals surface area contributed by atoms with Crippen LogP contribution < -0.4 is 0 Å². The fourth-order valence-corrected chi connectivity index (χ4v) is 1.77. The van der Waals surface area contributed by atoms with Crippen LogP contribution in [0.25, 0.3) is 0 Å². The summed E-state index contributed by atoms with van der Waals surface area (Å²) in [5.74, 6) is 0. The van der Waals surface area contributed by atoms with Crippen molar-refractivity contribution in [1.29, 1.82) is 0 Å². The van der Waals surface area contributed by atoms with Gasteiger partial charge in [0.2, 0.25) is 0 Å². The molecule has 0 saturated heterocycles. The molecule has 1 nitrogen and oxygen atoms in total. The van der Waals surface area contributed by atoms with E-state index in [0.29, 0.717) is 0 Å². The Balaban J connectivity index is 2.53. The van der Waals surface area contributed by atoms with Crippen LogP contribution in [0.4, 0.5) is 0 Å². The van der Waals surface area contributed by atoms with Crippen LogP contribution in [0, 0.1) is 6.92 Å². The third-order valence-corrected chi connectivity index (χ3v) is 3.01. The molecular weight excluding hydrogens is 208 g/mol. The van der Waals surface area contributed by atoms with Gasteiger partial charge >= 0.3 is 0 Å². The van der Waals surface area contributed by atoms with Gasteiger partial charge in [0.25, 0.3) is 0 Å². The molecule has 0 fully saturated rings. The molecule has 1 rings (SSSR count). The molecule has 0 bridgehead atoms. The van der Waals surface area contributed by atoms with Gasteiger partial charge in [-0.1, -0.05) is 43.5 Å². The maximum Gasteiger partial charge on any atom is 0.0580 e. The smallest absolute Gasteiger partial charge is 0.0580 e. The van der Waals surface area contributed by atoms with Crippen LogP contribution in [-0.4, -0.2) is 11.2 Å². The Labute approximate surface area is 97.1 Å². The minimum Gasteiger partial charge on any atom is -0.393 e. The van der Waals surface area contributed by atoms with Gasteiger partial charge < -0.3 is 5.11 Å². The molecule has 84 valence electrons. The van der Waals surface area contributed by atoms with Gasteiger partial charge in [0.05, 0.1) is 6.10 Å². The molecule has 1 atom stereocenters. The lowest BCUT2D eigenvalue weighted by atomic mass is 10.0. The number of unbranched alkanes of at least 4 members (excludes halogenated alkanes) is 1. The van der Waals surface area contributed by atoms with Gasteiger partial charge in [-0.2, -0.15) is 0 Å². The van der Waals surface area contributed by atoms with E-state index in [1.165, 1.54) is 5.56 Å². The number of hydrogen-bond acceptors (Lipinski definition) is 1. The molecule has 1 N–H and O–H groups in total. The minimum atomic E-state index is -0.217. The summed E-state index contributed by atoms with van der Waals surface area (Å²) in [6.07, 6.45) is 3.63. The van der Waals surface area contributed by atoms with Crippen molar-refractivity contribution in [3.05, 3.63) is 34.3 Å². The third-order valence-electron chi connectivity index (χ3n) is 2.58. The maximum atomic E-state index is 9.76. The molecule has 0 radical (unpaired) electrons. The van der Waals surface area contributed by atoms with Crippen molar-refractivity contribution in [2.45, 2.75) is 45.6 Å². The van der Waals surface area contributed by atoms with Crippen molar-refractivity contribution >= 4 is 11.6 Å². The SMILES string of the molecule is CCCCC(O)Cc1ccc(Cl)c(C)c1. The second kappa shape index (κ2) is 6.14. The number of rotatable bonds is 5. The summed E-state index contributed by atoms with van der Waals surface area (Å²) >= 11 is 5.94. The molecule has 0 saturated carbocycles. The molecule has 0 aromatic heterocycles. The van der Waals surface area contributed by atoms with Crippen molar-refractivity contribution in [2.75, 3.05) is 0 Å². The average Bonchev–Trinajstić information content (AvgIpc) is 2.20. The Kier molecular flexibility index (Phi) is 5.13. The summed E-state index contributed by atoms with van der Waals surface area (Å²) in [4.78, 5) is 0. The third kappa shape index (κ3) is 4.23. The van der Waals surface area contributed by atoms with Crippen molar-refractivity contribution in [1.82, 2.24) is 0 Å². The summed E-state index contributed by atoms with van der Waals surface area (Å²) in [7, 11) is 0. The first kappa shape index (κ1) is 12.5. The van der Waals surface area contributed by atoms with E-state index in [1.54, 1.807) is 0 Å². The van der Waals surface area contributed by atoms with Crippen LogP contribution in [-0.2, 0) is 6.42 Å². The fourth-order valence-electron chi connectivity index (χ4n) is 1.65. The molecule has 2 heteroatoms. The average molecular weight is 227 g/mol. The van der Waals surface area contributed by atoms with Crippen molar-refractivity contribution in [2.24, 2.45) is 0 Å². The van der Waals surface area contributed by atoms with Crippen LogP contribution in [0.2, 0.25) is 5.02 Å². The number of aliphatic hydroxyl groups is 1. The van der Waals surface area contributed by atoms with Gasteiger partial charge in [-0.25, -0.2) is 0 Å². The van der Waals surface area contributed by atoms with E-state index in [0.717, 1.165) is 36.3 Å². The largest absolute Gasteiger partial charge is 0.393 e. The number of hydrogen-bond donors (Lipinski definition) is 1. The molecule has 15 heavy (non-hydrogen) atoms. The zero-order valence-corrected chi connectivity index (χ0v) is 10.2. The summed E-state index contributed by atoms with van der Waals surface area (Å²) in [5, 5.41) is 10.6. The highest BCUT2D eigenvalue weighted by atomic mass is 35.5. The Bertz CT molecular complexity index is 309. The maximum absolute atomic E-state index is 9.76. The first-order chi connectivity index (χ1) is 7.13. The number of aryl methyl sites for hydroxylation is 1.